The number of benzene rings is 1. The minimum Gasteiger partial charge on any atom is -0.501 e. The number of allylic oxidation sites excluding steroid dienone is 1. The lowest BCUT2D eigenvalue weighted by molar-refractivity contribution is -0.136. The topological polar surface area (TPSA) is 93.5 Å². The molecule has 1 aromatic heterocycles. The average molecular weight is 406 g/mol. The van der Waals surface area contributed by atoms with Crippen LogP contribution < -0.4 is 5.32 Å². The van der Waals surface area contributed by atoms with E-state index in [1.54, 1.807) is 4.90 Å². The quantitative estimate of drug-likeness (QED) is 0.787. The molecule has 154 valence electrons. The van der Waals surface area contributed by atoms with E-state index in [4.69, 9.17) is 4.74 Å². The van der Waals surface area contributed by atoms with E-state index in [-0.39, 0.29) is 18.2 Å². The summed E-state index contributed by atoms with van der Waals surface area (Å²) in [5.41, 5.74) is 5.57. The molecule has 1 atom stereocenters. The van der Waals surface area contributed by atoms with E-state index >= 15 is 0 Å². The van der Waals surface area contributed by atoms with Crippen LogP contribution in [0.2, 0.25) is 0 Å². The molecule has 1 unspecified atom stereocenters. The third-order valence-corrected chi connectivity index (χ3v) is 6.01. The molecule has 3 amide bonds. The first-order valence-corrected chi connectivity index (χ1v) is 10.1. The van der Waals surface area contributed by atoms with Crippen LogP contribution >= 0.6 is 0 Å². The Bertz CT molecular complexity index is 1100. The van der Waals surface area contributed by atoms with Gasteiger partial charge < -0.3 is 9.64 Å². The van der Waals surface area contributed by atoms with Crippen molar-refractivity contribution in [3.63, 3.8) is 0 Å². The van der Waals surface area contributed by atoms with E-state index in [1.165, 1.54) is 0 Å². The summed E-state index contributed by atoms with van der Waals surface area (Å²) in [4.78, 5) is 38.2. The van der Waals surface area contributed by atoms with Gasteiger partial charge in [0.1, 0.15) is 6.04 Å². The second-order valence-corrected chi connectivity index (χ2v) is 7.92. The number of aromatic nitrogens is 2. The highest BCUT2D eigenvalue weighted by Gasteiger charge is 2.39. The first-order valence-electron chi connectivity index (χ1n) is 10.1. The zero-order chi connectivity index (χ0) is 20.8. The van der Waals surface area contributed by atoms with Crippen molar-refractivity contribution < 1.29 is 19.1 Å². The van der Waals surface area contributed by atoms with Crippen molar-refractivity contribution >= 4 is 23.3 Å². The predicted molar refractivity (Wildman–Crippen MR) is 108 cm³/mol. The lowest BCUT2D eigenvalue weighted by atomic mass is 9.96. The van der Waals surface area contributed by atoms with Crippen LogP contribution in [-0.4, -0.2) is 45.1 Å². The molecular formula is C22H22N4O4. The number of fused-ring (bicyclic) bond motifs is 1. The SMILES string of the molecule is Cn1ncc(-c2ccc3c(c2)CN(C2CCC(=O)NC2=O)C3=O)c1C1=COCCC1. The van der Waals surface area contributed by atoms with Crippen LogP contribution in [0.3, 0.4) is 0 Å². The minimum atomic E-state index is -0.607. The third-order valence-electron chi connectivity index (χ3n) is 6.01. The predicted octanol–water partition coefficient (Wildman–Crippen LogP) is 2.00. The maximum absolute atomic E-state index is 12.9. The van der Waals surface area contributed by atoms with Gasteiger partial charge in [-0.05, 0) is 42.5 Å². The van der Waals surface area contributed by atoms with Gasteiger partial charge in [0.25, 0.3) is 5.91 Å². The molecule has 0 aliphatic carbocycles. The molecule has 5 rings (SSSR count). The van der Waals surface area contributed by atoms with Crippen molar-refractivity contribution in [2.75, 3.05) is 6.61 Å². The Morgan fingerprint density at radius 2 is 2.03 bits per heavy atom. The largest absolute Gasteiger partial charge is 0.501 e. The molecule has 0 bridgehead atoms. The summed E-state index contributed by atoms with van der Waals surface area (Å²) < 4.78 is 7.37. The van der Waals surface area contributed by atoms with Gasteiger partial charge in [0.15, 0.2) is 0 Å². The standard InChI is InChI=1S/C22H22N4O4/c1-25-20(14-3-2-8-30-12-14)17(10-23-25)13-4-5-16-15(9-13)11-26(22(16)29)18-6-7-19(27)24-21(18)28/h4-5,9-10,12,18H,2-3,6-8,11H2,1H3,(H,24,27,28). The Hall–Kier alpha value is -3.42. The summed E-state index contributed by atoms with van der Waals surface area (Å²) in [5.74, 6) is -0.847. The van der Waals surface area contributed by atoms with Gasteiger partial charge in [-0.1, -0.05) is 6.07 Å². The van der Waals surface area contributed by atoms with Gasteiger partial charge in [0.05, 0.1) is 24.8 Å². The molecule has 0 saturated carbocycles. The van der Waals surface area contributed by atoms with Crippen molar-refractivity contribution in [2.45, 2.75) is 38.3 Å². The number of piperidine rings is 1. The van der Waals surface area contributed by atoms with E-state index in [0.717, 1.165) is 47.4 Å². The Morgan fingerprint density at radius 3 is 2.80 bits per heavy atom. The summed E-state index contributed by atoms with van der Waals surface area (Å²) in [6.45, 7) is 1.09. The van der Waals surface area contributed by atoms with Gasteiger partial charge in [-0.2, -0.15) is 5.10 Å². The number of aryl methyl sites for hydroxylation is 1. The molecular weight excluding hydrogens is 384 g/mol. The van der Waals surface area contributed by atoms with Crippen molar-refractivity contribution in [1.29, 1.82) is 0 Å². The zero-order valence-corrected chi connectivity index (χ0v) is 16.7. The van der Waals surface area contributed by atoms with Crippen LogP contribution in [-0.2, 0) is 27.9 Å². The highest BCUT2D eigenvalue weighted by Crippen LogP contribution is 2.35. The maximum atomic E-state index is 12.9. The van der Waals surface area contributed by atoms with Crippen LogP contribution in [0.25, 0.3) is 16.7 Å². The molecule has 1 fully saturated rings. The van der Waals surface area contributed by atoms with Crippen molar-refractivity contribution in [1.82, 2.24) is 20.0 Å². The van der Waals surface area contributed by atoms with E-state index in [1.807, 2.05) is 42.4 Å². The molecule has 3 aliphatic rings. The smallest absolute Gasteiger partial charge is 0.255 e. The van der Waals surface area contributed by atoms with E-state index in [2.05, 4.69) is 10.4 Å². The molecule has 1 N–H and O–H groups in total. The molecule has 2 aromatic rings. The summed E-state index contributed by atoms with van der Waals surface area (Å²) in [5, 5.41) is 6.78. The number of hydrogen-bond donors (Lipinski definition) is 1. The molecule has 30 heavy (non-hydrogen) atoms. The van der Waals surface area contributed by atoms with Gasteiger partial charge in [0, 0.05) is 36.7 Å². The van der Waals surface area contributed by atoms with Gasteiger partial charge in [-0.3, -0.25) is 24.4 Å². The monoisotopic (exact) mass is 406 g/mol. The maximum Gasteiger partial charge on any atom is 0.255 e. The fraction of sp³-hybridized carbons (Fsp3) is 0.364. The Balaban J connectivity index is 1.47. The van der Waals surface area contributed by atoms with Crippen molar-refractivity contribution in [3.8, 4) is 11.1 Å². The highest BCUT2D eigenvalue weighted by molar-refractivity contribution is 6.05. The first kappa shape index (κ1) is 18.6. The third kappa shape index (κ3) is 2.99. The number of ether oxygens (including phenoxy) is 1. The molecule has 3 aliphatic heterocycles. The number of hydrogen-bond acceptors (Lipinski definition) is 5. The number of rotatable bonds is 3. The lowest BCUT2D eigenvalue weighted by Gasteiger charge is -2.29. The minimum absolute atomic E-state index is 0.166. The van der Waals surface area contributed by atoms with Crippen LogP contribution in [0.5, 0.6) is 0 Å². The summed E-state index contributed by atoms with van der Waals surface area (Å²) in [6, 6.07) is 5.14. The molecule has 0 radical (unpaired) electrons. The Morgan fingerprint density at radius 1 is 1.17 bits per heavy atom. The second-order valence-electron chi connectivity index (χ2n) is 7.92. The number of nitrogens with zero attached hydrogens (tertiary/aromatic N) is 3. The summed E-state index contributed by atoms with van der Waals surface area (Å²) in [7, 11) is 1.91. The van der Waals surface area contributed by atoms with Gasteiger partial charge in [-0.25, -0.2) is 0 Å². The molecule has 8 heteroatoms. The fourth-order valence-corrected chi connectivity index (χ4v) is 4.51. The van der Waals surface area contributed by atoms with Crippen LogP contribution in [0, 0.1) is 0 Å². The normalized spacial score (nSPS) is 21.2. The van der Waals surface area contributed by atoms with Crippen molar-refractivity contribution in [2.24, 2.45) is 7.05 Å². The van der Waals surface area contributed by atoms with Gasteiger partial charge >= 0.3 is 0 Å². The zero-order valence-electron chi connectivity index (χ0n) is 16.7. The van der Waals surface area contributed by atoms with Gasteiger partial charge in [-0.15, -0.1) is 0 Å². The highest BCUT2D eigenvalue weighted by atomic mass is 16.5. The Kier molecular flexibility index (Phi) is 4.42. The summed E-state index contributed by atoms with van der Waals surface area (Å²) >= 11 is 0. The number of carbonyl (C=O) groups excluding carboxylic acids is 3. The van der Waals surface area contributed by atoms with Crippen LogP contribution in [0.4, 0.5) is 0 Å². The Labute approximate surface area is 173 Å². The van der Waals surface area contributed by atoms with Crippen LogP contribution in [0.15, 0.2) is 30.7 Å². The number of imide groups is 1. The van der Waals surface area contributed by atoms with Crippen LogP contribution in [0.1, 0.15) is 47.3 Å². The lowest BCUT2D eigenvalue weighted by Crippen LogP contribution is -2.52. The molecule has 1 saturated heterocycles. The fourth-order valence-electron chi connectivity index (χ4n) is 4.51. The molecule has 1 aromatic carbocycles. The summed E-state index contributed by atoms with van der Waals surface area (Å²) in [6.07, 6.45) is 6.15. The number of carbonyl (C=O) groups is 3. The molecule has 0 spiro atoms. The average Bonchev–Trinajstić information content (AvgIpc) is 3.28. The molecule has 4 heterocycles. The molecule has 8 nitrogen and oxygen atoms in total. The van der Waals surface area contributed by atoms with E-state index in [9.17, 15) is 14.4 Å². The second kappa shape index (κ2) is 7.12. The number of amides is 3. The van der Waals surface area contributed by atoms with E-state index in [0.29, 0.717) is 18.5 Å². The first-order chi connectivity index (χ1) is 14.5. The number of nitrogens with one attached hydrogen (secondary N) is 1. The van der Waals surface area contributed by atoms with Gasteiger partial charge in [0.2, 0.25) is 11.8 Å². The van der Waals surface area contributed by atoms with Crippen molar-refractivity contribution in [3.05, 3.63) is 47.5 Å². The van der Waals surface area contributed by atoms with E-state index < -0.39 is 11.9 Å².